The molecular formula is C42H36N4O4S2. The fourth-order valence-corrected chi connectivity index (χ4v) is 7.07. The Morgan fingerprint density at radius 3 is 2.23 bits per heavy atom. The van der Waals surface area contributed by atoms with Crippen LogP contribution in [0.4, 0.5) is 10.8 Å². The molecule has 0 aliphatic rings. The Balaban J connectivity index is 1.16. The number of para-hydroxylation sites is 1. The van der Waals surface area contributed by atoms with Crippen molar-refractivity contribution in [3.63, 3.8) is 0 Å². The molecule has 0 radical (unpaired) electrons. The van der Waals surface area contributed by atoms with Gasteiger partial charge in [0, 0.05) is 27.1 Å². The van der Waals surface area contributed by atoms with Crippen LogP contribution < -0.4 is 20.7 Å². The number of anilines is 2. The zero-order valence-corrected chi connectivity index (χ0v) is 30.2. The van der Waals surface area contributed by atoms with Crippen molar-refractivity contribution in [2.24, 2.45) is 0 Å². The van der Waals surface area contributed by atoms with Gasteiger partial charge in [-0.3, -0.25) is 14.4 Å². The minimum Gasteiger partial charge on any atom is -0.496 e. The van der Waals surface area contributed by atoms with Crippen LogP contribution in [0.5, 0.6) is 5.75 Å². The number of nitrogens with zero attached hydrogens (tertiary/aromatic N) is 1. The predicted octanol–water partition coefficient (Wildman–Crippen LogP) is 9.40. The molecule has 6 rings (SSSR count). The number of benzene rings is 5. The maximum Gasteiger partial charge on any atom is 0.272 e. The topological polar surface area (TPSA) is 109 Å². The van der Waals surface area contributed by atoms with Gasteiger partial charge in [0.15, 0.2) is 5.13 Å². The molecule has 52 heavy (non-hydrogen) atoms. The molecule has 0 saturated carbocycles. The lowest BCUT2D eigenvalue weighted by atomic mass is 10.0. The average molecular weight is 725 g/mol. The van der Waals surface area contributed by atoms with E-state index in [1.807, 2.05) is 115 Å². The van der Waals surface area contributed by atoms with Gasteiger partial charge in [0.2, 0.25) is 5.91 Å². The van der Waals surface area contributed by atoms with Crippen LogP contribution in [0.1, 0.15) is 29.3 Å². The number of aromatic nitrogens is 1. The van der Waals surface area contributed by atoms with Gasteiger partial charge in [0.1, 0.15) is 11.4 Å². The Morgan fingerprint density at radius 2 is 1.50 bits per heavy atom. The van der Waals surface area contributed by atoms with E-state index < -0.39 is 17.1 Å². The molecule has 0 aliphatic carbocycles. The molecule has 10 heteroatoms. The molecule has 3 N–H and O–H groups in total. The van der Waals surface area contributed by atoms with Gasteiger partial charge in [-0.2, -0.15) is 0 Å². The first-order valence-corrected chi connectivity index (χ1v) is 18.4. The molecule has 8 nitrogen and oxygen atoms in total. The number of carbonyl (C=O) groups excluding carboxylic acids is 3. The van der Waals surface area contributed by atoms with Gasteiger partial charge in [-0.1, -0.05) is 97.9 Å². The van der Waals surface area contributed by atoms with E-state index >= 15 is 0 Å². The van der Waals surface area contributed by atoms with Gasteiger partial charge >= 0.3 is 0 Å². The first kappa shape index (κ1) is 35.8. The van der Waals surface area contributed by atoms with E-state index in [0.29, 0.717) is 28.6 Å². The highest BCUT2D eigenvalue weighted by Crippen LogP contribution is 2.33. The molecule has 0 spiro atoms. The molecule has 5 aromatic carbocycles. The van der Waals surface area contributed by atoms with E-state index in [1.54, 1.807) is 43.5 Å². The number of ether oxygens (including phenoxy) is 1. The fraction of sp³-hybridized carbons (Fsp3) is 0.0952. The largest absolute Gasteiger partial charge is 0.496 e. The lowest BCUT2D eigenvalue weighted by molar-refractivity contribution is -0.116. The summed E-state index contributed by atoms with van der Waals surface area (Å²) in [6, 6.07) is 41.4. The number of thioether (sulfide) groups is 1. The highest BCUT2D eigenvalue weighted by atomic mass is 32.2. The summed E-state index contributed by atoms with van der Waals surface area (Å²) in [7, 11) is 1.61. The molecule has 3 amide bonds. The third-order valence-corrected chi connectivity index (χ3v) is 10.1. The Bertz CT molecular complexity index is 2190. The van der Waals surface area contributed by atoms with Crippen molar-refractivity contribution in [1.82, 2.24) is 10.3 Å². The second-order valence-electron chi connectivity index (χ2n) is 11.6. The predicted molar refractivity (Wildman–Crippen MR) is 212 cm³/mol. The van der Waals surface area contributed by atoms with Crippen LogP contribution in [0.15, 0.2) is 149 Å². The fourth-order valence-electron chi connectivity index (χ4n) is 5.34. The van der Waals surface area contributed by atoms with Gasteiger partial charge in [0.25, 0.3) is 11.8 Å². The molecule has 6 aromatic rings. The van der Waals surface area contributed by atoms with Crippen molar-refractivity contribution < 1.29 is 19.1 Å². The highest BCUT2D eigenvalue weighted by Gasteiger charge is 2.21. The SMILES string of the molecule is CCC(Sc1cccc(NC(=O)/C(=C\c2ccc(-c3ccccc3)cc2)NC(=O)c2ccccc2)c1)C(=O)Nc1nc(-c2ccccc2OC)cs1. The van der Waals surface area contributed by atoms with E-state index in [4.69, 9.17) is 4.74 Å². The Hall–Kier alpha value is -5.97. The van der Waals surface area contributed by atoms with Gasteiger partial charge in [-0.05, 0) is 71.7 Å². The zero-order valence-electron chi connectivity index (χ0n) is 28.5. The van der Waals surface area contributed by atoms with Crippen LogP contribution in [0, 0.1) is 0 Å². The number of amides is 3. The van der Waals surface area contributed by atoms with Crippen LogP contribution in [0.25, 0.3) is 28.5 Å². The maximum absolute atomic E-state index is 13.7. The molecule has 1 unspecified atom stereocenters. The number of nitrogens with one attached hydrogen (secondary N) is 3. The molecule has 0 saturated heterocycles. The lowest BCUT2D eigenvalue weighted by Gasteiger charge is -2.15. The number of hydrogen-bond acceptors (Lipinski definition) is 7. The second kappa shape index (κ2) is 17.3. The van der Waals surface area contributed by atoms with Gasteiger partial charge in [-0.25, -0.2) is 4.98 Å². The average Bonchev–Trinajstić information content (AvgIpc) is 3.65. The quantitative estimate of drug-likeness (QED) is 0.0809. The summed E-state index contributed by atoms with van der Waals surface area (Å²) >= 11 is 2.74. The van der Waals surface area contributed by atoms with Gasteiger partial charge in [-0.15, -0.1) is 23.1 Å². The first-order valence-electron chi connectivity index (χ1n) is 16.6. The van der Waals surface area contributed by atoms with Crippen molar-refractivity contribution in [1.29, 1.82) is 0 Å². The van der Waals surface area contributed by atoms with Crippen LogP contribution in [0.2, 0.25) is 0 Å². The van der Waals surface area contributed by atoms with Crippen LogP contribution >= 0.6 is 23.1 Å². The number of rotatable bonds is 13. The summed E-state index contributed by atoms with van der Waals surface area (Å²) in [6.07, 6.45) is 2.22. The molecule has 1 aromatic heterocycles. The van der Waals surface area contributed by atoms with E-state index in [0.717, 1.165) is 32.8 Å². The normalized spacial score (nSPS) is 11.7. The standard InChI is InChI=1S/C42H36N4O4S2/c1-3-38(41(49)46-42-45-36(27-51-42)34-19-10-11-20-37(34)50-2)52-33-18-12-17-32(26-33)43-40(48)35(44-39(47)31-15-8-5-9-16-31)25-28-21-23-30(24-22-28)29-13-6-4-7-14-29/h4-27,38H,3H2,1-2H3,(H,43,48)(H,44,47)(H,45,46,49)/b35-25+. The van der Waals surface area contributed by atoms with Crippen molar-refractivity contribution >= 4 is 57.7 Å². The van der Waals surface area contributed by atoms with Crippen molar-refractivity contribution in [3.8, 4) is 28.1 Å². The van der Waals surface area contributed by atoms with E-state index in [2.05, 4.69) is 20.9 Å². The van der Waals surface area contributed by atoms with Crippen LogP contribution in [0.3, 0.4) is 0 Å². The molecule has 0 fully saturated rings. The number of thiazole rings is 1. The highest BCUT2D eigenvalue weighted by molar-refractivity contribution is 8.00. The van der Waals surface area contributed by atoms with Crippen molar-refractivity contribution in [3.05, 3.63) is 156 Å². The molecule has 1 atom stereocenters. The summed E-state index contributed by atoms with van der Waals surface area (Å²) in [6.45, 7) is 1.95. The minimum atomic E-state index is -0.488. The smallest absolute Gasteiger partial charge is 0.272 e. The van der Waals surface area contributed by atoms with Gasteiger partial charge < -0.3 is 20.7 Å². The number of carbonyl (C=O) groups is 3. The van der Waals surface area contributed by atoms with Crippen molar-refractivity contribution in [2.45, 2.75) is 23.5 Å². The number of hydrogen-bond donors (Lipinski definition) is 3. The Labute approximate surface area is 311 Å². The minimum absolute atomic E-state index is 0.0844. The summed E-state index contributed by atoms with van der Waals surface area (Å²) in [4.78, 5) is 45.7. The molecule has 0 aliphatic heterocycles. The summed E-state index contributed by atoms with van der Waals surface area (Å²) in [5.41, 5.74) is 5.46. The second-order valence-corrected chi connectivity index (χ2v) is 13.7. The van der Waals surface area contributed by atoms with Crippen molar-refractivity contribution in [2.75, 3.05) is 17.7 Å². The number of methoxy groups -OCH3 is 1. The summed E-state index contributed by atoms with van der Waals surface area (Å²) < 4.78 is 5.46. The Morgan fingerprint density at radius 1 is 0.808 bits per heavy atom. The lowest BCUT2D eigenvalue weighted by Crippen LogP contribution is -2.30. The van der Waals surface area contributed by atoms with Crippen LogP contribution in [-0.2, 0) is 9.59 Å². The molecule has 1 heterocycles. The zero-order chi connectivity index (χ0) is 36.3. The van der Waals surface area contributed by atoms with Gasteiger partial charge in [0.05, 0.1) is 18.1 Å². The third kappa shape index (κ3) is 9.22. The monoisotopic (exact) mass is 724 g/mol. The summed E-state index contributed by atoms with van der Waals surface area (Å²) in [5, 5.41) is 10.7. The Kier molecular flexibility index (Phi) is 11.9. The first-order chi connectivity index (χ1) is 25.4. The third-order valence-electron chi connectivity index (χ3n) is 8.01. The molecule has 260 valence electrons. The van der Waals surface area contributed by atoms with E-state index in [1.165, 1.54) is 23.1 Å². The molecule has 0 bridgehead atoms. The maximum atomic E-state index is 13.7. The molecular weight excluding hydrogens is 689 g/mol. The summed E-state index contributed by atoms with van der Waals surface area (Å²) in [5.74, 6) is -0.356. The van der Waals surface area contributed by atoms with E-state index in [-0.39, 0.29) is 11.6 Å². The van der Waals surface area contributed by atoms with E-state index in [9.17, 15) is 14.4 Å². The van der Waals surface area contributed by atoms with Crippen LogP contribution in [-0.4, -0.2) is 35.1 Å².